The largest absolute Gasteiger partial charge is 0.302 e. The van der Waals surface area contributed by atoms with Crippen LogP contribution in [0.25, 0.3) is 0 Å². The van der Waals surface area contributed by atoms with Gasteiger partial charge in [-0.1, -0.05) is 24.6 Å². The predicted octanol–water partition coefficient (Wildman–Crippen LogP) is 2.73. The van der Waals surface area contributed by atoms with E-state index >= 15 is 0 Å². The number of piperidine rings is 1. The van der Waals surface area contributed by atoms with Gasteiger partial charge in [-0.3, -0.25) is 4.90 Å². The van der Waals surface area contributed by atoms with Crippen LogP contribution < -0.4 is 0 Å². The molecule has 96 valence electrons. The van der Waals surface area contributed by atoms with Crippen molar-refractivity contribution in [1.82, 2.24) is 4.90 Å². The van der Waals surface area contributed by atoms with Gasteiger partial charge in [-0.2, -0.15) is 0 Å². The molecule has 0 spiro atoms. The van der Waals surface area contributed by atoms with Gasteiger partial charge in [-0.25, -0.2) is 0 Å². The number of aldehydes is 1. The molecule has 0 N–H and O–H groups in total. The fourth-order valence-corrected chi connectivity index (χ4v) is 3.33. The summed E-state index contributed by atoms with van der Waals surface area (Å²) in [4.78, 5) is 13.4. The van der Waals surface area contributed by atoms with Gasteiger partial charge in [0, 0.05) is 6.54 Å². The van der Waals surface area contributed by atoms with E-state index in [1.165, 1.54) is 48.8 Å². The molecule has 1 fully saturated rings. The molecule has 3 rings (SSSR count). The number of rotatable bonds is 3. The molecule has 1 aliphatic heterocycles. The van der Waals surface area contributed by atoms with E-state index in [0.29, 0.717) is 0 Å². The van der Waals surface area contributed by atoms with Gasteiger partial charge in [0.2, 0.25) is 0 Å². The Morgan fingerprint density at radius 3 is 2.94 bits per heavy atom. The second kappa shape index (κ2) is 5.23. The van der Waals surface area contributed by atoms with Crippen molar-refractivity contribution in [1.29, 1.82) is 0 Å². The minimum atomic E-state index is 0.145. The van der Waals surface area contributed by atoms with E-state index in [1.807, 2.05) is 0 Å². The number of hydrogen-bond acceptors (Lipinski definition) is 2. The van der Waals surface area contributed by atoms with Crippen LogP contribution in [0.15, 0.2) is 18.2 Å². The summed E-state index contributed by atoms with van der Waals surface area (Å²) in [6.45, 7) is 2.01. The first kappa shape index (κ1) is 11.9. The summed E-state index contributed by atoms with van der Waals surface area (Å²) in [5, 5.41) is 0. The predicted molar refractivity (Wildman–Crippen MR) is 72.6 cm³/mol. The molecule has 2 aliphatic rings. The van der Waals surface area contributed by atoms with Crippen LogP contribution in [0.4, 0.5) is 0 Å². The van der Waals surface area contributed by atoms with Crippen LogP contribution in [-0.4, -0.2) is 23.8 Å². The normalized spacial score (nSPS) is 23.9. The highest BCUT2D eigenvalue weighted by Gasteiger charge is 2.22. The second-order valence-electron chi connectivity index (χ2n) is 5.63. The highest BCUT2D eigenvalue weighted by atomic mass is 16.1. The Morgan fingerprint density at radius 2 is 2.06 bits per heavy atom. The summed E-state index contributed by atoms with van der Waals surface area (Å²) in [5.74, 6) is 0. The second-order valence-corrected chi connectivity index (χ2v) is 5.63. The van der Waals surface area contributed by atoms with Crippen LogP contribution in [-0.2, 0) is 24.2 Å². The van der Waals surface area contributed by atoms with E-state index in [1.54, 1.807) is 0 Å². The lowest BCUT2D eigenvalue weighted by atomic mass is 10.0. The van der Waals surface area contributed by atoms with Gasteiger partial charge in [0.15, 0.2) is 0 Å². The Labute approximate surface area is 109 Å². The molecule has 1 heterocycles. The van der Waals surface area contributed by atoms with Crippen LogP contribution in [0, 0.1) is 0 Å². The molecule has 0 aromatic heterocycles. The summed E-state index contributed by atoms with van der Waals surface area (Å²) in [6.07, 6.45) is 8.39. The van der Waals surface area contributed by atoms with Gasteiger partial charge in [0.25, 0.3) is 0 Å². The van der Waals surface area contributed by atoms with Gasteiger partial charge in [0.05, 0.1) is 6.04 Å². The summed E-state index contributed by atoms with van der Waals surface area (Å²) in [6, 6.07) is 7.05. The number of fused-ring (bicyclic) bond motifs is 1. The zero-order chi connectivity index (χ0) is 12.4. The first-order valence-corrected chi connectivity index (χ1v) is 7.17. The first-order chi connectivity index (χ1) is 8.86. The fourth-order valence-electron chi connectivity index (χ4n) is 3.33. The third-order valence-electron chi connectivity index (χ3n) is 4.37. The van der Waals surface area contributed by atoms with Gasteiger partial charge < -0.3 is 4.79 Å². The summed E-state index contributed by atoms with van der Waals surface area (Å²) in [5.41, 5.74) is 4.45. The van der Waals surface area contributed by atoms with Crippen molar-refractivity contribution in [2.45, 2.75) is 51.1 Å². The Kier molecular flexibility index (Phi) is 3.46. The highest BCUT2D eigenvalue weighted by Crippen LogP contribution is 2.25. The molecule has 1 aromatic carbocycles. The smallest absolute Gasteiger partial charge is 0.137 e. The maximum absolute atomic E-state index is 11.1. The van der Waals surface area contributed by atoms with E-state index in [0.717, 1.165) is 25.8 Å². The molecule has 2 nitrogen and oxygen atoms in total. The van der Waals surface area contributed by atoms with Gasteiger partial charge in [-0.15, -0.1) is 0 Å². The lowest BCUT2D eigenvalue weighted by Gasteiger charge is -2.32. The monoisotopic (exact) mass is 243 g/mol. The van der Waals surface area contributed by atoms with Crippen LogP contribution >= 0.6 is 0 Å². The van der Waals surface area contributed by atoms with Crippen molar-refractivity contribution >= 4 is 6.29 Å². The number of carbonyl (C=O) groups is 1. The molecule has 18 heavy (non-hydrogen) atoms. The molecule has 1 aliphatic carbocycles. The Bertz CT molecular complexity index is 441. The number of carbonyl (C=O) groups excluding carboxylic acids is 1. The Morgan fingerprint density at radius 1 is 1.17 bits per heavy atom. The Balaban J connectivity index is 1.73. The number of aryl methyl sites for hydroxylation is 2. The minimum absolute atomic E-state index is 0.145. The molecule has 0 saturated carbocycles. The average Bonchev–Trinajstić information content (AvgIpc) is 2.87. The zero-order valence-electron chi connectivity index (χ0n) is 10.9. The van der Waals surface area contributed by atoms with Crippen LogP contribution in [0.1, 0.15) is 42.4 Å². The molecular weight excluding hydrogens is 222 g/mol. The zero-order valence-corrected chi connectivity index (χ0v) is 10.9. The van der Waals surface area contributed by atoms with Crippen molar-refractivity contribution in [3.05, 3.63) is 34.9 Å². The minimum Gasteiger partial charge on any atom is -0.302 e. The molecule has 0 bridgehead atoms. The summed E-state index contributed by atoms with van der Waals surface area (Å²) < 4.78 is 0. The van der Waals surface area contributed by atoms with E-state index in [-0.39, 0.29) is 6.04 Å². The standard InChI is InChI=1S/C16H21NO/c18-12-16-6-1-2-9-17(16)11-13-7-8-14-4-3-5-15(14)10-13/h7-8,10,12,16H,1-6,9,11H2. The lowest BCUT2D eigenvalue weighted by Crippen LogP contribution is -2.39. The molecule has 0 radical (unpaired) electrons. The quantitative estimate of drug-likeness (QED) is 0.761. The van der Waals surface area contributed by atoms with Crippen molar-refractivity contribution in [3.8, 4) is 0 Å². The maximum atomic E-state index is 11.1. The van der Waals surface area contributed by atoms with Crippen molar-refractivity contribution in [2.75, 3.05) is 6.54 Å². The van der Waals surface area contributed by atoms with Gasteiger partial charge >= 0.3 is 0 Å². The summed E-state index contributed by atoms with van der Waals surface area (Å²) >= 11 is 0. The molecule has 2 heteroatoms. The molecule has 1 saturated heterocycles. The third-order valence-corrected chi connectivity index (χ3v) is 4.37. The van der Waals surface area contributed by atoms with Crippen LogP contribution in [0.2, 0.25) is 0 Å². The number of likely N-dealkylation sites (tertiary alicyclic amines) is 1. The van der Waals surface area contributed by atoms with E-state index in [4.69, 9.17) is 0 Å². The van der Waals surface area contributed by atoms with Crippen molar-refractivity contribution < 1.29 is 4.79 Å². The first-order valence-electron chi connectivity index (χ1n) is 7.17. The van der Waals surface area contributed by atoms with Gasteiger partial charge in [-0.05, 0) is 55.3 Å². The molecule has 1 unspecified atom stereocenters. The fraction of sp³-hybridized carbons (Fsp3) is 0.562. The lowest BCUT2D eigenvalue weighted by molar-refractivity contribution is -0.113. The van der Waals surface area contributed by atoms with E-state index < -0.39 is 0 Å². The van der Waals surface area contributed by atoms with Crippen molar-refractivity contribution in [2.24, 2.45) is 0 Å². The number of nitrogens with zero attached hydrogens (tertiary/aromatic N) is 1. The third kappa shape index (κ3) is 2.35. The van der Waals surface area contributed by atoms with Gasteiger partial charge in [0.1, 0.15) is 6.29 Å². The van der Waals surface area contributed by atoms with E-state index in [2.05, 4.69) is 23.1 Å². The SMILES string of the molecule is O=CC1CCCCN1Cc1ccc2c(c1)CCC2. The molecular formula is C16H21NO. The van der Waals surface area contributed by atoms with Crippen molar-refractivity contribution in [3.63, 3.8) is 0 Å². The van der Waals surface area contributed by atoms with E-state index in [9.17, 15) is 4.79 Å². The molecule has 1 aromatic rings. The van der Waals surface area contributed by atoms with Crippen LogP contribution in [0.3, 0.4) is 0 Å². The topological polar surface area (TPSA) is 20.3 Å². The maximum Gasteiger partial charge on any atom is 0.137 e. The molecule has 0 amide bonds. The number of hydrogen-bond donors (Lipinski definition) is 0. The average molecular weight is 243 g/mol. The summed E-state index contributed by atoms with van der Waals surface area (Å²) in [7, 11) is 0. The highest BCUT2D eigenvalue weighted by molar-refractivity contribution is 5.57. The Hall–Kier alpha value is -1.15. The van der Waals surface area contributed by atoms with Crippen LogP contribution in [0.5, 0.6) is 0 Å². The molecule has 1 atom stereocenters. The number of benzene rings is 1.